The normalized spacial score (nSPS) is 14.9. The fraction of sp³-hybridized carbons (Fsp3) is 0.0526. The van der Waals surface area contributed by atoms with E-state index < -0.39 is 0 Å². The molecule has 0 fully saturated rings. The van der Waals surface area contributed by atoms with Gasteiger partial charge in [-0.15, -0.1) is 0 Å². The summed E-state index contributed by atoms with van der Waals surface area (Å²) in [6.45, 7) is 0. The highest BCUT2D eigenvalue weighted by atomic mass is 15.1. The molecule has 0 bridgehead atoms. The Morgan fingerprint density at radius 2 is 1.18 bits per heavy atom. The summed E-state index contributed by atoms with van der Waals surface area (Å²) in [6, 6.07) is 50.2. The molecule has 6 aromatic carbocycles. The van der Waals surface area contributed by atoms with Crippen LogP contribution in [0.15, 0.2) is 163 Å². The van der Waals surface area contributed by atoms with Crippen LogP contribution in [0.1, 0.15) is 17.9 Å². The first-order chi connectivity index (χ1) is 19.3. The van der Waals surface area contributed by atoms with Crippen molar-refractivity contribution in [3.05, 3.63) is 169 Å². The van der Waals surface area contributed by atoms with Crippen molar-refractivity contribution in [3.8, 4) is 11.1 Å². The van der Waals surface area contributed by atoms with E-state index in [1.54, 1.807) is 0 Å². The summed E-state index contributed by atoms with van der Waals surface area (Å²) >= 11 is 0. The maximum atomic E-state index is 2.41. The lowest BCUT2D eigenvalue weighted by Gasteiger charge is -2.30. The molecule has 6 aromatic rings. The Balaban J connectivity index is 1.31. The fourth-order valence-electron chi connectivity index (χ4n) is 5.82. The van der Waals surface area contributed by atoms with Crippen molar-refractivity contribution in [2.75, 3.05) is 4.90 Å². The maximum absolute atomic E-state index is 2.41. The summed E-state index contributed by atoms with van der Waals surface area (Å²) in [5.41, 5.74) is 7.41. The van der Waals surface area contributed by atoms with Crippen molar-refractivity contribution in [1.82, 2.24) is 0 Å². The second-order valence-electron chi connectivity index (χ2n) is 10.1. The molecule has 1 heteroatoms. The molecule has 1 nitrogen and oxygen atoms in total. The van der Waals surface area contributed by atoms with Gasteiger partial charge in [-0.1, -0.05) is 133 Å². The second-order valence-corrected chi connectivity index (χ2v) is 10.1. The number of nitrogens with zero attached hydrogens (tertiary/aromatic N) is 1. The minimum absolute atomic E-state index is 0.401. The van der Waals surface area contributed by atoms with Crippen molar-refractivity contribution >= 4 is 32.9 Å². The molecule has 0 amide bonds. The van der Waals surface area contributed by atoms with E-state index in [0.29, 0.717) is 5.92 Å². The minimum atomic E-state index is 0.401. The first kappa shape index (κ1) is 23.3. The number of benzene rings is 6. The largest absolute Gasteiger partial charge is 0.310 e. The van der Waals surface area contributed by atoms with Crippen molar-refractivity contribution in [2.45, 2.75) is 12.3 Å². The minimum Gasteiger partial charge on any atom is -0.310 e. The topological polar surface area (TPSA) is 3.24 Å². The molecule has 1 aliphatic carbocycles. The van der Waals surface area contributed by atoms with E-state index in [0.717, 1.165) is 12.1 Å². The van der Waals surface area contributed by atoms with Gasteiger partial charge in [0.1, 0.15) is 0 Å². The standard InChI is InChI=1S/C38H29N/c1-2-10-28(11-3-1)29-20-24-33(25-21-29)39(38-19-9-15-31-13-5-7-17-37(31)38)34-26-22-32(23-27-34)36-18-8-14-30-12-4-6-16-35(30)36/h1-20,22-27,29H,21H2. The molecule has 0 N–H and O–H groups in total. The Morgan fingerprint density at radius 1 is 0.538 bits per heavy atom. The van der Waals surface area contributed by atoms with Crippen LogP contribution >= 0.6 is 0 Å². The number of rotatable bonds is 5. The first-order valence-corrected chi connectivity index (χ1v) is 13.6. The summed E-state index contributed by atoms with van der Waals surface area (Å²) in [7, 11) is 0. The zero-order chi connectivity index (χ0) is 26.0. The molecule has 1 unspecified atom stereocenters. The molecule has 0 saturated heterocycles. The average molecular weight is 500 g/mol. The summed E-state index contributed by atoms with van der Waals surface area (Å²) in [6.07, 6.45) is 8.01. The lowest BCUT2D eigenvalue weighted by molar-refractivity contribution is 0.840. The van der Waals surface area contributed by atoms with Gasteiger partial charge >= 0.3 is 0 Å². The van der Waals surface area contributed by atoms with Crippen molar-refractivity contribution in [1.29, 1.82) is 0 Å². The SMILES string of the molecule is C1=CC(c2ccccc2)CC=C1N(c1ccc(-c2cccc3ccccc23)cc1)c1cccc2ccccc12. The number of hydrogen-bond donors (Lipinski definition) is 0. The van der Waals surface area contributed by atoms with Gasteiger partial charge in [-0.3, -0.25) is 0 Å². The number of fused-ring (bicyclic) bond motifs is 2. The Kier molecular flexibility index (Phi) is 6.03. The molecular weight excluding hydrogens is 470 g/mol. The van der Waals surface area contributed by atoms with Gasteiger partial charge < -0.3 is 4.90 Å². The lowest BCUT2D eigenvalue weighted by Crippen LogP contribution is -2.17. The number of hydrogen-bond acceptors (Lipinski definition) is 1. The Hall–Kier alpha value is -4.88. The van der Waals surface area contributed by atoms with Crippen LogP contribution in [0.25, 0.3) is 32.7 Å². The monoisotopic (exact) mass is 499 g/mol. The maximum Gasteiger partial charge on any atom is 0.0539 e. The van der Waals surface area contributed by atoms with Crippen molar-refractivity contribution in [3.63, 3.8) is 0 Å². The van der Waals surface area contributed by atoms with Gasteiger partial charge in [0.15, 0.2) is 0 Å². The van der Waals surface area contributed by atoms with E-state index in [4.69, 9.17) is 0 Å². The van der Waals surface area contributed by atoms with Crippen LogP contribution in [0.4, 0.5) is 11.4 Å². The second kappa shape index (κ2) is 10.1. The third-order valence-corrected chi connectivity index (χ3v) is 7.80. The molecule has 0 heterocycles. The third-order valence-electron chi connectivity index (χ3n) is 7.80. The van der Waals surface area contributed by atoms with Crippen LogP contribution in [0.3, 0.4) is 0 Å². The van der Waals surface area contributed by atoms with Crippen LogP contribution < -0.4 is 4.90 Å². The Morgan fingerprint density at radius 3 is 1.92 bits per heavy atom. The smallest absolute Gasteiger partial charge is 0.0539 e. The van der Waals surface area contributed by atoms with Crippen LogP contribution in [-0.4, -0.2) is 0 Å². The van der Waals surface area contributed by atoms with Gasteiger partial charge in [0.25, 0.3) is 0 Å². The van der Waals surface area contributed by atoms with Crippen LogP contribution in [0.5, 0.6) is 0 Å². The van der Waals surface area contributed by atoms with E-state index in [2.05, 4.69) is 163 Å². The van der Waals surface area contributed by atoms with E-state index in [1.807, 2.05) is 0 Å². The van der Waals surface area contributed by atoms with Crippen LogP contribution in [0.2, 0.25) is 0 Å². The zero-order valence-corrected chi connectivity index (χ0v) is 21.7. The lowest BCUT2D eigenvalue weighted by atomic mass is 9.91. The van der Waals surface area contributed by atoms with Gasteiger partial charge in [0.2, 0.25) is 0 Å². The molecule has 1 atom stereocenters. The van der Waals surface area contributed by atoms with Crippen LogP contribution in [0, 0.1) is 0 Å². The van der Waals surface area contributed by atoms with E-state index in [1.165, 1.54) is 49.6 Å². The molecule has 39 heavy (non-hydrogen) atoms. The molecule has 0 aromatic heterocycles. The van der Waals surface area contributed by atoms with Gasteiger partial charge in [0.05, 0.1) is 5.69 Å². The highest BCUT2D eigenvalue weighted by Gasteiger charge is 2.19. The average Bonchev–Trinajstić information content (AvgIpc) is 3.02. The fourth-order valence-corrected chi connectivity index (χ4v) is 5.82. The van der Waals surface area contributed by atoms with Crippen molar-refractivity contribution < 1.29 is 0 Å². The quantitative estimate of drug-likeness (QED) is 0.228. The summed E-state index contributed by atoms with van der Waals surface area (Å²) < 4.78 is 0. The molecule has 0 radical (unpaired) electrons. The van der Waals surface area contributed by atoms with Crippen molar-refractivity contribution in [2.24, 2.45) is 0 Å². The highest BCUT2D eigenvalue weighted by Crippen LogP contribution is 2.39. The predicted molar refractivity (Wildman–Crippen MR) is 166 cm³/mol. The molecule has 186 valence electrons. The first-order valence-electron chi connectivity index (χ1n) is 13.6. The molecule has 0 saturated carbocycles. The summed E-state index contributed by atoms with van der Waals surface area (Å²) in [4.78, 5) is 2.41. The summed E-state index contributed by atoms with van der Waals surface area (Å²) in [5.74, 6) is 0.401. The van der Waals surface area contributed by atoms with Gasteiger partial charge in [-0.2, -0.15) is 0 Å². The predicted octanol–water partition coefficient (Wildman–Crippen LogP) is 10.4. The highest BCUT2D eigenvalue weighted by molar-refractivity contribution is 5.99. The molecule has 0 aliphatic heterocycles. The van der Waals surface area contributed by atoms with E-state index in [-0.39, 0.29) is 0 Å². The molecule has 0 spiro atoms. The van der Waals surface area contributed by atoms with Gasteiger partial charge in [0, 0.05) is 22.7 Å². The number of allylic oxidation sites excluding steroid dienone is 3. The van der Waals surface area contributed by atoms with Gasteiger partial charge in [-0.05, 0) is 63.5 Å². The van der Waals surface area contributed by atoms with E-state index >= 15 is 0 Å². The molecular formula is C38H29N. The third kappa shape index (κ3) is 4.43. The zero-order valence-electron chi connectivity index (χ0n) is 21.7. The van der Waals surface area contributed by atoms with Gasteiger partial charge in [-0.25, -0.2) is 0 Å². The van der Waals surface area contributed by atoms with E-state index in [9.17, 15) is 0 Å². The Bertz CT molecular complexity index is 1820. The molecule has 1 aliphatic rings. The molecule has 7 rings (SSSR count). The Labute approximate surface area is 230 Å². The van der Waals surface area contributed by atoms with Crippen LogP contribution in [-0.2, 0) is 0 Å². The summed E-state index contributed by atoms with van der Waals surface area (Å²) in [5, 5.41) is 5.04. The number of anilines is 2.